The van der Waals surface area contributed by atoms with Crippen molar-refractivity contribution < 1.29 is 32.3 Å². The number of rotatable bonds is 10. The molecule has 54 heavy (non-hydrogen) atoms. The van der Waals surface area contributed by atoms with Crippen LogP contribution in [-0.4, -0.2) is 109 Å². The summed E-state index contributed by atoms with van der Waals surface area (Å²) in [5, 5.41) is 14.6. The monoisotopic (exact) mass is 744 g/mol. The van der Waals surface area contributed by atoms with Gasteiger partial charge in [0.25, 0.3) is 5.89 Å². The van der Waals surface area contributed by atoms with E-state index in [-0.39, 0.29) is 69.7 Å². The van der Waals surface area contributed by atoms with Crippen molar-refractivity contribution in [3.05, 3.63) is 59.9 Å². The number of fused-ring (bicyclic) bond motifs is 3. The average Bonchev–Trinajstić information content (AvgIpc) is 3.82. The maximum atomic E-state index is 16.7. The van der Waals surface area contributed by atoms with E-state index in [1.807, 2.05) is 4.90 Å². The molecule has 0 bridgehead atoms. The Labute approximate surface area is 307 Å². The molecule has 0 radical (unpaired) electrons. The van der Waals surface area contributed by atoms with Crippen molar-refractivity contribution in [3.63, 3.8) is 0 Å². The Morgan fingerprint density at radius 2 is 2.00 bits per heavy atom. The normalized spacial score (nSPS) is 20.6. The summed E-state index contributed by atoms with van der Waals surface area (Å²) in [6.45, 7) is 5.62. The van der Waals surface area contributed by atoms with Crippen LogP contribution >= 0.6 is 0 Å². The molecule has 282 valence electrons. The zero-order valence-corrected chi connectivity index (χ0v) is 30.0. The molecule has 0 unspecified atom stereocenters. The molecule has 0 aliphatic carbocycles. The molecule has 14 nitrogen and oxygen atoms in total. The van der Waals surface area contributed by atoms with Crippen LogP contribution in [-0.2, 0) is 10.4 Å². The number of alkyl halides is 1. The van der Waals surface area contributed by atoms with Crippen molar-refractivity contribution in [2.24, 2.45) is 5.92 Å². The van der Waals surface area contributed by atoms with Crippen LogP contribution in [0, 0.1) is 17.6 Å². The van der Waals surface area contributed by atoms with Crippen LogP contribution in [0.5, 0.6) is 6.01 Å². The first-order chi connectivity index (χ1) is 25.8. The van der Waals surface area contributed by atoms with Crippen LogP contribution in [0.2, 0.25) is 0 Å². The van der Waals surface area contributed by atoms with E-state index in [1.54, 1.807) is 18.0 Å². The van der Waals surface area contributed by atoms with Gasteiger partial charge in [0.15, 0.2) is 5.82 Å². The summed E-state index contributed by atoms with van der Waals surface area (Å²) in [5.74, 6) is -1.06. The number of aromatic nitrogens is 6. The minimum absolute atomic E-state index is 0.0424. The van der Waals surface area contributed by atoms with Gasteiger partial charge in [-0.05, 0) is 50.8 Å². The molecule has 3 aliphatic heterocycles. The lowest BCUT2D eigenvalue weighted by Gasteiger charge is -2.40. The van der Waals surface area contributed by atoms with E-state index < -0.39 is 28.9 Å². The maximum absolute atomic E-state index is 16.7. The first-order valence-electron chi connectivity index (χ1n) is 17.8. The Balaban J connectivity index is 1.07. The molecule has 3 aliphatic rings. The van der Waals surface area contributed by atoms with Crippen molar-refractivity contribution in [2.45, 2.75) is 50.4 Å². The fourth-order valence-corrected chi connectivity index (χ4v) is 7.79. The second-order valence-corrected chi connectivity index (χ2v) is 14.9. The quantitative estimate of drug-likeness (QED) is 0.194. The number of carbonyl (C=O) groups excluding carboxylic acids is 1. The fourth-order valence-electron chi connectivity index (χ4n) is 7.79. The number of amides is 1. The number of nitrogens with zero attached hydrogens (tertiary/aromatic N) is 9. The van der Waals surface area contributed by atoms with Gasteiger partial charge in [0.2, 0.25) is 11.7 Å². The molecule has 8 rings (SSSR count). The molecule has 4 aromatic heterocycles. The number of hydrogen-bond donors (Lipinski definition) is 2. The van der Waals surface area contributed by atoms with Gasteiger partial charge in [0.1, 0.15) is 52.7 Å². The van der Waals surface area contributed by atoms with Gasteiger partial charge >= 0.3 is 6.01 Å². The molecule has 3 saturated heterocycles. The number of pyridine rings is 2. The van der Waals surface area contributed by atoms with Crippen LogP contribution < -0.4 is 15.4 Å². The van der Waals surface area contributed by atoms with E-state index in [9.17, 15) is 14.3 Å². The number of nitrogens with two attached hydrogens (primary N) is 1. The van der Waals surface area contributed by atoms with Gasteiger partial charge < -0.3 is 29.9 Å². The molecule has 17 heteroatoms. The molecular weight excluding hydrogens is 705 g/mol. The Kier molecular flexibility index (Phi) is 8.87. The highest BCUT2D eigenvalue weighted by atomic mass is 19.1. The highest BCUT2D eigenvalue weighted by Gasteiger charge is 2.49. The van der Waals surface area contributed by atoms with Crippen molar-refractivity contribution in [3.8, 4) is 17.4 Å². The zero-order chi connectivity index (χ0) is 37.9. The highest BCUT2D eigenvalue weighted by Crippen LogP contribution is 2.41. The number of ether oxygens (including phenoxy) is 1. The standard InChI is InChI=1S/C37H39F3N10O4/c1-36(2,52)34-44-26(54-47-34)8-9-27(51)49-16-20(17-49)15-48(3)33-23-14-42-32(31-28-21(12-25(41)43-31)6-4-7-24(28)39)29(40)30(23)45-35(46-33)53-19-37-10-5-11-50(37)18-22(38)13-37/h4,6-9,12,14,20,22,52H,5,10-11,13,15-19H2,1-3H3,(H2,41,43)/b9-8+/t22-,37+/m1/s1. The number of carbonyl (C=O) groups is 1. The van der Waals surface area contributed by atoms with Crippen molar-refractivity contribution in [1.29, 1.82) is 0 Å². The third-order valence-corrected chi connectivity index (χ3v) is 10.4. The minimum atomic E-state index is -1.28. The van der Waals surface area contributed by atoms with Crippen molar-refractivity contribution in [2.75, 3.05) is 57.0 Å². The number of benzene rings is 1. The summed E-state index contributed by atoms with van der Waals surface area (Å²) in [6, 6.07) is 5.86. The Morgan fingerprint density at radius 3 is 2.78 bits per heavy atom. The summed E-state index contributed by atoms with van der Waals surface area (Å²) >= 11 is 0. The van der Waals surface area contributed by atoms with Gasteiger partial charge in [-0.2, -0.15) is 15.0 Å². The number of nitrogen functional groups attached to an aromatic ring is 1. The molecule has 1 aromatic carbocycles. The third-order valence-electron chi connectivity index (χ3n) is 10.4. The smallest absolute Gasteiger partial charge is 0.319 e. The summed E-state index contributed by atoms with van der Waals surface area (Å²) in [6.07, 6.45) is 5.20. The molecule has 0 saturated carbocycles. The molecular formula is C37H39F3N10O4. The minimum Gasteiger partial charge on any atom is -0.461 e. The van der Waals surface area contributed by atoms with Gasteiger partial charge in [-0.25, -0.2) is 18.2 Å². The lowest BCUT2D eigenvalue weighted by Crippen LogP contribution is -2.53. The van der Waals surface area contributed by atoms with Crippen LogP contribution in [0.3, 0.4) is 0 Å². The molecule has 0 spiro atoms. The van der Waals surface area contributed by atoms with E-state index in [2.05, 4.69) is 30.0 Å². The lowest BCUT2D eigenvalue weighted by atomic mass is 9.95. The first kappa shape index (κ1) is 35.6. The first-order valence-corrected chi connectivity index (χ1v) is 17.8. The van der Waals surface area contributed by atoms with Crippen LogP contribution in [0.4, 0.5) is 24.8 Å². The lowest BCUT2D eigenvalue weighted by molar-refractivity contribution is -0.131. The van der Waals surface area contributed by atoms with Gasteiger partial charge in [-0.3, -0.25) is 14.7 Å². The van der Waals surface area contributed by atoms with Crippen LogP contribution in [0.1, 0.15) is 44.8 Å². The highest BCUT2D eigenvalue weighted by molar-refractivity contribution is 5.99. The predicted octanol–water partition coefficient (Wildman–Crippen LogP) is 4.27. The zero-order valence-electron chi connectivity index (χ0n) is 30.0. The third kappa shape index (κ3) is 6.55. The van der Waals surface area contributed by atoms with E-state index >= 15 is 8.78 Å². The SMILES string of the molecule is CN(CC1CN(C(=O)/C=C/c2nc(C(C)(C)O)no2)C1)c1nc(OC[C@@]23CCCN2C[C@H](F)C3)nc2c(F)c(-c3nc(N)cc4cccc(F)c34)ncc12. The summed E-state index contributed by atoms with van der Waals surface area (Å²) in [5.41, 5.74) is 3.86. The van der Waals surface area contributed by atoms with Crippen LogP contribution in [0.25, 0.3) is 39.1 Å². The topological polar surface area (TPSA) is 173 Å². The molecule has 3 fully saturated rings. The number of aliphatic hydroxyl groups is 1. The Hall–Kier alpha value is -5.42. The number of likely N-dealkylation sites (tertiary alicyclic amines) is 1. The second-order valence-electron chi connectivity index (χ2n) is 14.9. The Morgan fingerprint density at radius 1 is 1.19 bits per heavy atom. The number of anilines is 2. The molecule has 3 N–H and O–H groups in total. The van der Waals surface area contributed by atoms with Gasteiger partial charge in [0.05, 0.1) is 10.9 Å². The van der Waals surface area contributed by atoms with Crippen molar-refractivity contribution in [1.82, 2.24) is 39.9 Å². The second kappa shape index (κ2) is 13.5. The van der Waals surface area contributed by atoms with Gasteiger partial charge in [0, 0.05) is 69.3 Å². The number of hydrogen-bond acceptors (Lipinski definition) is 13. The van der Waals surface area contributed by atoms with Gasteiger partial charge in [-0.15, -0.1) is 0 Å². The molecule has 2 atom stereocenters. The van der Waals surface area contributed by atoms with Crippen molar-refractivity contribution >= 4 is 45.3 Å². The molecule has 7 heterocycles. The summed E-state index contributed by atoms with van der Waals surface area (Å²) in [7, 11) is 1.79. The largest absolute Gasteiger partial charge is 0.461 e. The van der Waals surface area contributed by atoms with Gasteiger partial charge in [-0.1, -0.05) is 17.3 Å². The van der Waals surface area contributed by atoms with E-state index in [1.165, 1.54) is 50.4 Å². The average molecular weight is 745 g/mol. The van der Waals surface area contributed by atoms with E-state index in [4.69, 9.17) is 20.0 Å². The Bertz CT molecular complexity index is 2290. The molecule has 5 aromatic rings. The summed E-state index contributed by atoms with van der Waals surface area (Å²) in [4.78, 5) is 40.4. The number of halogens is 3. The van der Waals surface area contributed by atoms with E-state index in [0.29, 0.717) is 43.8 Å². The van der Waals surface area contributed by atoms with E-state index in [0.717, 1.165) is 19.4 Å². The fraction of sp³-hybridized carbons (Fsp3) is 0.432. The predicted molar refractivity (Wildman–Crippen MR) is 193 cm³/mol. The maximum Gasteiger partial charge on any atom is 0.319 e. The molecule has 1 amide bonds. The summed E-state index contributed by atoms with van der Waals surface area (Å²) < 4.78 is 57.7. The van der Waals surface area contributed by atoms with Crippen LogP contribution in [0.15, 0.2) is 41.1 Å².